The fourth-order valence-corrected chi connectivity index (χ4v) is 1.14. The molecule has 0 bridgehead atoms. The summed E-state index contributed by atoms with van der Waals surface area (Å²) in [5.41, 5.74) is -2.66. The average Bonchev–Trinajstić information content (AvgIpc) is 2.15. The number of pyridine rings is 1. The van der Waals surface area contributed by atoms with Gasteiger partial charge in [-0.15, -0.1) is 0 Å². The molecule has 16 heavy (non-hydrogen) atoms. The van der Waals surface area contributed by atoms with Crippen LogP contribution in [0.5, 0.6) is 0 Å². The number of hydrogen-bond donors (Lipinski definition) is 1. The number of carboxylic acid groups (broad SMARTS) is 1. The molecule has 0 aliphatic carbocycles. The summed E-state index contributed by atoms with van der Waals surface area (Å²) in [5.74, 6) is -1.45. The number of hydrogen-bond acceptors (Lipinski definition) is 4. The van der Waals surface area contributed by atoms with E-state index in [1.54, 1.807) is 0 Å². The number of carbonyl (C=O) groups is 1. The molecule has 0 aliphatic rings. The number of nitro groups is 1. The molecule has 1 aromatic heterocycles. The third-order valence-corrected chi connectivity index (χ3v) is 1.86. The Morgan fingerprint density at radius 1 is 1.62 bits per heavy atom. The van der Waals surface area contributed by atoms with Crippen molar-refractivity contribution in [3.8, 4) is 0 Å². The Labute approximate surface area is 87.7 Å². The quantitative estimate of drug-likeness (QED) is 0.634. The van der Waals surface area contributed by atoms with Gasteiger partial charge in [0.15, 0.2) is 5.69 Å². The summed E-state index contributed by atoms with van der Waals surface area (Å²) in [7, 11) is 0. The van der Waals surface area contributed by atoms with Gasteiger partial charge in [-0.3, -0.25) is 10.1 Å². The molecule has 6 nitrogen and oxygen atoms in total. The van der Waals surface area contributed by atoms with Gasteiger partial charge in [0.25, 0.3) is 12.1 Å². The monoisotopic (exact) mass is 232 g/mol. The van der Waals surface area contributed by atoms with Gasteiger partial charge in [-0.05, 0) is 6.92 Å². The highest BCUT2D eigenvalue weighted by Crippen LogP contribution is 2.28. The van der Waals surface area contributed by atoms with Gasteiger partial charge in [-0.1, -0.05) is 0 Å². The molecule has 1 N–H and O–H groups in total. The van der Waals surface area contributed by atoms with Crippen molar-refractivity contribution in [3.63, 3.8) is 0 Å². The van der Waals surface area contributed by atoms with Crippen molar-refractivity contribution in [1.82, 2.24) is 4.98 Å². The zero-order valence-electron chi connectivity index (χ0n) is 7.98. The second-order valence-electron chi connectivity index (χ2n) is 2.89. The van der Waals surface area contributed by atoms with Gasteiger partial charge < -0.3 is 5.11 Å². The highest BCUT2D eigenvalue weighted by atomic mass is 19.3. The van der Waals surface area contributed by atoms with Gasteiger partial charge in [0.1, 0.15) is 0 Å². The van der Waals surface area contributed by atoms with Gasteiger partial charge in [-0.25, -0.2) is 18.6 Å². The van der Waals surface area contributed by atoms with Crippen molar-refractivity contribution >= 4 is 11.7 Å². The molecule has 0 aliphatic heterocycles. The van der Waals surface area contributed by atoms with Gasteiger partial charge in [0.2, 0.25) is 0 Å². The van der Waals surface area contributed by atoms with E-state index in [0.717, 1.165) is 0 Å². The molecule has 0 fully saturated rings. The van der Waals surface area contributed by atoms with E-state index in [0.29, 0.717) is 6.07 Å². The summed E-state index contributed by atoms with van der Waals surface area (Å²) in [6.07, 6.45) is -3.12. The van der Waals surface area contributed by atoms with Crippen LogP contribution in [0, 0.1) is 17.0 Å². The number of nitrogens with zero attached hydrogens (tertiary/aromatic N) is 2. The van der Waals surface area contributed by atoms with Gasteiger partial charge in [0.05, 0.1) is 16.2 Å². The fourth-order valence-electron chi connectivity index (χ4n) is 1.14. The number of aromatic nitrogens is 1. The van der Waals surface area contributed by atoms with E-state index in [4.69, 9.17) is 5.11 Å². The van der Waals surface area contributed by atoms with Crippen molar-refractivity contribution in [2.75, 3.05) is 0 Å². The largest absolute Gasteiger partial charge is 0.478 e. The SMILES string of the molecule is Cc1nc(C(F)F)c([N+](=O)[O-])cc1C(=O)O. The van der Waals surface area contributed by atoms with E-state index in [-0.39, 0.29) is 5.69 Å². The molecule has 1 aromatic rings. The predicted octanol–water partition coefficient (Wildman–Crippen LogP) is 1.93. The van der Waals surface area contributed by atoms with Crippen LogP contribution in [0.1, 0.15) is 28.2 Å². The van der Waals surface area contributed by atoms with E-state index in [1.807, 2.05) is 0 Å². The Morgan fingerprint density at radius 3 is 2.56 bits per heavy atom. The molecule has 0 unspecified atom stereocenters. The first kappa shape index (κ1) is 12.0. The lowest BCUT2D eigenvalue weighted by Gasteiger charge is -2.04. The van der Waals surface area contributed by atoms with Gasteiger partial charge in [0, 0.05) is 6.07 Å². The first-order valence-corrected chi connectivity index (χ1v) is 4.02. The molecule has 8 heteroatoms. The van der Waals surface area contributed by atoms with E-state index in [9.17, 15) is 23.7 Å². The number of rotatable bonds is 3. The zero-order valence-corrected chi connectivity index (χ0v) is 7.98. The summed E-state index contributed by atoms with van der Waals surface area (Å²) in [5, 5.41) is 19.1. The van der Waals surface area contributed by atoms with Crippen LogP contribution in [0.25, 0.3) is 0 Å². The van der Waals surface area contributed by atoms with Crippen LogP contribution in [0.4, 0.5) is 14.5 Å². The molecule has 1 heterocycles. The fraction of sp³-hybridized carbons (Fsp3) is 0.250. The summed E-state index contributed by atoms with van der Waals surface area (Å²) < 4.78 is 24.8. The van der Waals surface area contributed by atoms with Gasteiger partial charge >= 0.3 is 5.97 Å². The summed E-state index contributed by atoms with van der Waals surface area (Å²) in [6, 6.07) is 0.589. The van der Waals surface area contributed by atoms with Crippen molar-refractivity contribution in [2.24, 2.45) is 0 Å². The standard InChI is InChI=1S/C8H6F2N2O4/c1-3-4(8(13)14)2-5(12(15)16)6(11-3)7(9)10/h2,7H,1H3,(H,13,14). The second kappa shape index (κ2) is 4.17. The number of halogens is 2. The number of alkyl halides is 2. The Morgan fingerprint density at radius 2 is 2.19 bits per heavy atom. The van der Waals surface area contributed by atoms with E-state index < -0.39 is 34.3 Å². The van der Waals surface area contributed by atoms with E-state index >= 15 is 0 Å². The molecule has 1 rings (SSSR count). The maximum Gasteiger partial charge on any atom is 0.337 e. The summed E-state index contributed by atoms with van der Waals surface area (Å²) in [4.78, 5) is 23.2. The van der Waals surface area contributed by atoms with Crippen LogP contribution < -0.4 is 0 Å². The maximum absolute atomic E-state index is 12.4. The van der Waals surface area contributed by atoms with E-state index in [1.165, 1.54) is 6.92 Å². The predicted molar refractivity (Wildman–Crippen MR) is 47.5 cm³/mol. The van der Waals surface area contributed by atoms with Crippen LogP contribution in [0.2, 0.25) is 0 Å². The van der Waals surface area contributed by atoms with Crippen LogP contribution >= 0.6 is 0 Å². The Balaban J connectivity index is 3.49. The normalized spacial score (nSPS) is 10.5. The van der Waals surface area contributed by atoms with Crippen molar-refractivity contribution < 1.29 is 23.6 Å². The first-order chi connectivity index (χ1) is 7.34. The zero-order chi connectivity index (χ0) is 12.5. The second-order valence-corrected chi connectivity index (χ2v) is 2.89. The summed E-state index contributed by atoms with van der Waals surface area (Å²) >= 11 is 0. The highest BCUT2D eigenvalue weighted by molar-refractivity contribution is 5.89. The Kier molecular flexibility index (Phi) is 3.11. The molecule has 0 aromatic carbocycles. The van der Waals surface area contributed by atoms with E-state index in [2.05, 4.69) is 4.98 Å². The van der Waals surface area contributed by atoms with Crippen LogP contribution in [0.15, 0.2) is 6.07 Å². The molecule has 86 valence electrons. The third kappa shape index (κ3) is 2.10. The Hall–Kier alpha value is -2.12. The Bertz CT molecular complexity index is 462. The topological polar surface area (TPSA) is 93.3 Å². The first-order valence-electron chi connectivity index (χ1n) is 4.02. The molecular formula is C8H6F2N2O4. The minimum Gasteiger partial charge on any atom is -0.478 e. The minimum absolute atomic E-state index is 0.187. The van der Waals surface area contributed by atoms with Crippen LogP contribution in [0.3, 0.4) is 0 Å². The van der Waals surface area contributed by atoms with Crippen LogP contribution in [-0.2, 0) is 0 Å². The minimum atomic E-state index is -3.12. The van der Waals surface area contributed by atoms with Crippen molar-refractivity contribution in [3.05, 3.63) is 33.1 Å². The summed E-state index contributed by atoms with van der Waals surface area (Å²) in [6.45, 7) is 1.19. The van der Waals surface area contributed by atoms with Crippen molar-refractivity contribution in [1.29, 1.82) is 0 Å². The lowest BCUT2D eigenvalue weighted by Crippen LogP contribution is -2.07. The molecule has 0 saturated carbocycles. The number of aromatic carboxylic acids is 1. The molecule has 0 atom stereocenters. The molecular weight excluding hydrogens is 226 g/mol. The van der Waals surface area contributed by atoms with Crippen LogP contribution in [-0.4, -0.2) is 21.0 Å². The third-order valence-electron chi connectivity index (χ3n) is 1.86. The smallest absolute Gasteiger partial charge is 0.337 e. The average molecular weight is 232 g/mol. The van der Waals surface area contributed by atoms with Gasteiger partial charge in [-0.2, -0.15) is 0 Å². The molecule has 0 radical (unpaired) electrons. The van der Waals surface area contributed by atoms with Crippen molar-refractivity contribution in [2.45, 2.75) is 13.3 Å². The maximum atomic E-state index is 12.4. The highest BCUT2D eigenvalue weighted by Gasteiger charge is 2.26. The molecule has 0 saturated heterocycles. The lowest BCUT2D eigenvalue weighted by atomic mass is 10.1. The molecule has 0 amide bonds. The lowest BCUT2D eigenvalue weighted by molar-refractivity contribution is -0.386. The number of aryl methyl sites for hydroxylation is 1. The number of carboxylic acids is 1. The molecule has 0 spiro atoms.